The minimum Gasteiger partial charge on any atom is -0.453 e. The van der Waals surface area contributed by atoms with E-state index >= 15 is 0 Å². The number of fused-ring (bicyclic) bond motifs is 1. The molecule has 0 aliphatic carbocycles. The van der Waals surface area contributed by atoms with Crippen molar-refractivity contribution in [2.45, 2.75) is 116 Å². The van der Waals surface area contributed by atoms with Crippen LogP contribution in [-0.4, -0.2) is 44.5 Å². The number of ether oxygens (including phenoxy) is 3. The highest BCUT2D eigenvalue weighted by Gasteiger charge is 2.42. The Morgan fingerprint density at radius 3 is 2.47 bits per heavy atom. The first-order valence-corrected chi connectivity index (χ1v) is 14.0. The minimum atomic E-state index is -2.00. The van der Waals surface area contributed by atoms with Crippen LogP contribution in [0.3, 0.4) is 0 Å². The predicted molar refractivity (Wildman–Crippen MR) is 121 cm³/mol. The van der Waals surface area contributed by atoms with Gasteiger partial charge in [-0.05, 0) is 58.7 Å². The van der Waals surface area contributed by atoms with Gasteiger partial charge in [-0.1, -0.05) is 38.8 Å². The third kappa shape index (κ3) is 6.95. The second-order valence-electron chi connectivity index (χ2n) is 10.6. The zero-order valence-electron chi connectivity index (χ0n) is 20.2. The molecule has 0 saturated carbocycles. The van der Waals surface area contributed by atoms with Gasteiger partial charge in [0.05, 0.1) is 12.2 Å². The van der Waals surface area contributed by atoms with Crippen LogP contribution < -0.4 is 0 Å². The van der Waals surface area contributed by atoms with Crippen molar-refractivity contribution in [2.24, 2.45) is 5.92 Å². The monoisotopic (exact) mass is 436 g/mol. The molecule has 0 aromatic heterocycles. The highest BCUT2D eigenvalue weighted by atomic mass is 28.4. The van der Waals surface area contributed by atoms with Gasteiger partial charge < -0.3 is 18.6 Å². The fraction of sp³-hybridized carbons (Fsp3) is 0.792. The normalized spacial score (nSPS) is 34.2. The van der Waals surface area contributed by atoms with E-state index in [0.717, 1.165) is 12.8 Å². The molecule has 2 aliphatic rings. The van der Waals surface area contributed by atoms with E-state index in [4.69, 9.17) is 18.6 Å². The number of carbonyl (C=O) groups excluding carboxylic acids is 1. The van der Waals surface area contributed by atoms with Crippen molar-refractivity contribution in [2.75, 3.05) is 0 Å². The Balaban J connectivity index is 2.29. The quantitative estimate of drug-likeness (QED) is 0.196. The molecule has 5 nitrogen and oxygen atoms in total. The molecule has 0 N–H and O–H groups in total. The first-order valence-electron chi connectivity index (χ1n) is 11.1. The largest absolute Gasteiger partial charge is 0.453 e. The van der Waals surface area contributed by atoms with Crippen LogP contribution in [0.5, 0.6) is 0 Å². The summed E-state index contributed by atoms with van der Waals surface area (Å²) in [4.78, 5) is 12.1. The first-order chi connectivity index (χ1) is 13.7. The fourth-order valence-corrected chi connectivity index (χ4v) is 4.91. The molecule has 0 amide bonds. The van der Waals surface area contributed by atoms with Gasteiger partial charge in [-0.15, -0.1) is 0 Å². The molecule has 6 heteroatoms. The van der Waals surface area contributed by atoms with Gasteiger partial charge in [-0.25, -0.2) is 4.79 Å². The molecule has 0 spiro atoms. The summed E-state index contributed by atoms with van der Waals surface area (Å²) in [6.07, 6.45) is 5.78. The molecule has 0 aromatic rings. The van der Waals surface area contributed by atoms with Gasteiger partial charge >= 0.3 is 5.97 Å². The third-order valence-corrected chi connectivity index (χ3v) is 10.8. The van der Waals surface area contributed by atoms with Gasteiger partial charge in [-0.2, -0.15) is 0 Å². The van der Waals surface area contributed by atoms with Crippen LogP contribution in [0.15, 0.2) is 12.2 Å². The lowest BCUT2D eigenvalue weighted by Gasteiger charge is -2.40. The van der Waals surface area contributed by atoms with Gasteiger partial charge in [0, 0.05) is 18.3 Å². The van der Waals surface area contributed by atoms with Gasteiger partial charge in [0.1, 0.15) is 12.2 Å². The summed E-state index contributed by atoms with van der Waals surface area (Å²) >= 11 is 0. The molecule has 1 saturated heterocycles. The zero-order valence-corrected chi connectivity index (χ0v) is 21.2. The molecule has 5 unspecified atom stereocenters. The van der Waals surface area contributed by atoms with Crippen LogP contribution in [0.1, 0.15) is 67.7 Å². The topological polar surface area (TPSA) is 54.0 Å². The molecule has 2 heterocycles. The van der Waals surface area contributed by atoms with Crippen molar-refractivity contribution < 1.29 is 23.4 Å². The van der Waals surface area contributed by atoms with Gasteiger partial charge in [-0.3, -0.25) is 0 Å². The number of rotatable bonds is 2. The van der Waals surface area contributed by atoms with E-state index in [1.54, 1.807) is 0 Å². The van der Waals surface area contributed by atoms with Crippen LogP contribution >= 0.6 is 0 Å². The summed E-state index contributed by atoms with van der Waals surface area (Å²) in [5.74, 6) is 4.58. The second kappa shape index (κ2) is 9.56. The molecule has 0 aromatic carbocycles. The smallest absolute Gasteiger partial charge is 0.384 e. The van der Waals surface area contributed by atoms with Crippen LogP contribution in [0.4, 0.5) is 0 Å². The highest BCUT2D eigenvalue weighted by molar-refractivity contribution is 6.74. The van der Waals surface area contributed by atoms with E-state index in [2.05, 4.69) is 45.7 Å². The SMILES string of the molecule is CC1C/C=C\C2OC(C)(C)OC2CCC(O[Si](C)(C)C(C)(C)C)C(C)C#CC(=O)O1. The Labute approximate surface area is 184 Å². The second-order valence-corrected chi connectivity index (χ2v) is 15.3. The van der Waals surface area contributed by atoms with Gasteiger partial charge in [0.25, 0.3) is 0 Å². The van der Waals surface area contributed by atoms with Crippen LogP contribution in [0.2, 0.25) is 18.1 Å². The first kappa shape index (κ1) is 25.1. The molecule has 0 bridgehead atoms. The number of carbonyl (C=O) groups is 1. The maximum Gasteiger partial charge on any atom is 0.384 e. The highest BCUT2D eigenvalue weighted by Crippen LogP contribution is 2.39. The molecule has 30 heavy (non-hydrogen) atoms. The third-order valence-electron chi connectivity index (χ3n) is 6.27. The van der Waals surface area contributed by atoms with Crippen molar-refractivity contribution >= 4 is 14.3 Å². The Kier molecular flexibility index (Phi) is 8.01. The summed E-state index contributed by atoms with van der Waals surface area (Å²) < 4.78 is 24.5. The lowest BCUT2D eigenvalue weighted by Crippen LogP contribution is -2.45. The average molecular weight is 437 g/mol. The molecule has 2 rings (SSSR count). The Morgan fingerprint density at radius 2 is 1.83 bits per heavy atom. The van der Waals surface area contributed by atoms with E-state index < -0.39 is 20.1 Å². The van der Waals surface area contributed by atoms with Gasteiger partial charge in [0.15, 0.2) is 14.1 Å². The zero-order chi connectivity index (χ0) is 22.7. The summed E-state index contributed by atoms with van der Waals surface area (Å²) in [5, 5.41) is 0.0911. The van der Waals surface area contributed by atoms with Crippen LogP contribution in [0, 0.1) is 17.8 Å². The van der Waals surface area contributed by atoms with E-state index in [0.29, 0.717) is 6.42 Å². The van der Waals surface area contributed by atoms with E-state index in [1.807, 2.05) is 39.8 Å². The maximum atomic E-state index is 12.1. The fourth-order valence-electron chi connectivity index (χ4n) is 3.47. The summed E-state index contributed by atoms with van der Waals surface area (Å²) in [6.45, 7) is 19.0. The lowest BCUT2D eigenvalue weighted by molar-refractivity contribution is -0.144. The Hall–Kier alpha value is -1.13. The van der Waals surface area contributed by atoms with Crippen molar-refractivity contribution in [3.05, 3.63) is 12.2 Å². The Morgan fingerprint density at radius 1 is 1.17 bits per heavy atom. The van der Waals surface area contributed by atoms with Crippen LogP contribution in [0.25, 0.3) is 0 Å². The molecule has 0 radical (unpaired) electrons. The van der Waals surface area contributed by atoms with Crippen molar-refractivity contribution in [1.82, 2.24) is 0 Å². The summed E-state index contributed by atoms with van der Waals surface area (Å²) in [5.41, 5.74) is 0. The van der Waals surface area contributed by atoms with Crippen LogP contribution in [-0.2, 0) is 23.4 Å². The van der Waals surface area contributed by atoms with Crippen molar-refractivity contribution in [3.8, 4) is 11.8 Å². The molecule has 1 fully saturated rings. The summed E-state index contributed by atoms with van der Waals surface area (Å²) in [7, 11) is -2.00. The number of hydrogen-bond acceptors (Lipinski definition) is 5. The van der Waals surface area contributed by atoms with E-state index in [1.165, 1.54) is 0 Å². The molecule has 5 atom stereocenters. The molecule has 170 valence electrons. The number of esters is 1. The molecule has 2 aliphatic heterocycles. The summed E-state index contributed by atoms with van der Waals surface area (Å²) in [6, 6.07) is 0. The predicted octanol–water partition coefficient (Wildman–Crippen LogP) is 5.21. The van der Waals surface area contributed by atoms with E-state index in [9.17, 15) is 4.79 Å². The average Bonchev–Trinajstić information content (AvgIpc) is 2.88. The maximum absolute atomic E-state index is 12.1. The standard InChI is InChI=1S/C24H40O5Si/c1-17-13-16-22(25)26-18(2)11-10-12-20-21(28-24(6,7)27-20)15-14-19(17)29-30(8,9)23(3,4)5/h10,12,17-21H,11,14-15H2,1-9H3/b12-10-. The van der Waals surface area contributed by atoms with E-state index in [-0.39, 0.29) is 35.4 Å². The Bertz CT molecular complexity index is 695. The molecular weight excluding hydrogens is 396 g/mol. The van der Waals surface area contributed by atoms with Crippen molar-refractivity contribution in [3.63, 3.8) is 0 Å². The molecular formula is C24H40O5Si. The number of cyclic esters (lactones) is 1. The number of hydrogen-bond donors (Lipinski definition) is 0. The minimum absolute atomic E-state index is 0.0391. The lowest BCUT2D eigenvalue weighted by atomic mass is 9.97. The van der Waals surface area contributed by atoms with Crippen molar-refractivity contribution in [1.29, 1.82) is 0 Å². The van der Waals surface area contributed by atoms with Gasteiger partial charge in [0.2, 0.25) is 0 Å².